The van der Waals surface area contributed by atoms with Crippen molar-refractivity contribution in [2.75, 3.05) is 6.61 Å². The lowest BCUT2D eigenvalue weighted by Gasteiger charge is -2.43. The van der Waals surface area contributed by atoms with E-state index < -0.39 is 11.9 Å². The molecule has 20 heavy (non-hydrogen) atoms. The molecule has 0 aromatic rings. The van der Waals surface area contributed by atoms with Crippen molar-refractivity contribution in [1.29, 1.82) is 0 Å². The smallest absolute Gasteiger partial charge is 0.353 e. The molecule has 108 valence electrons. The predicted molar refractivity (Wildman–Crippen MR) is 71.7 cm³/mol. The minimum atomic E-state index is -1.08. The van der Waals surface area contributed by atoms with E-state index in [1.165, 1.54) is 16.7 Å². The molecule has 0 spiro atoms. The number of aldehydes is 1. The quantitative estimate of drug-likeness (QED) is 0.459. The molecule has 0 saturated carbocycles. The molecule has 7 heteroatoms. The van der Waals surface area contributed by atoms with Crippen molar-refractivity contribution in [3.8, 4) is 0 Å². The van der Waals surface area contributed by atoms with Crippen LogP contribution in [0.1, 0.15) is 19.8 Å². The highest BCUT2D eigenvalue weighted by atomic mass is 32.2. The molecule has 2 N–H and O–H groups in total. The highest BCUT2D eigenvalue weighted by Crippen LogP contribution is 2.53. The molecule has 0 aromatic heterocycles. The Hall–Kier alpha value is -1.34. The van der Waals surface area contributed by atoms with Gasteiger partial charge in [-0.25, -0.2) is 4.79 Å². The number of thioether (sulfide) groups is 1. The summed E-state index contributed by atoms with van der Waals surface area (Å²) >= 11 is 1.40. The van der Waals surface area contributed by atoms with E-state index >= 15 is 0 Å². The Morgan fingerprint density at radius 2 is 2.35 bits per heavy atom. The van der Waals surface area contributed by atoms with Crippen molar-refractivity contribution in [3.05, 3.63) is 10.6 Å². The molecule has 3 unspecified atom stereocenters. The Balaban J connectivity index is 1.90. The number of rotatable bonds is 4. The Morgan fingerprint density at radius 1 is 1.60 bits per heavy atom. The number of carbonyl (C=O) groups is 3. The van der Waals surface area contributed by atoms with Gasteiger partial charge in [-0.15, -0.1) is 0 Å². The number of fused-ring (bicyclic) bond motifs is 1. The van der Waals surface area contributed by atoms with Gasteiger partial charge in [0.05, 0.1) is 16.2 Å². The summed E-state index contributed by atoms with van der Waals surface area (Å²) in [5.41, 5.74) is 0.0787. The van der Waals surface area contributed by atoms with E-state index in [0.717, 1.165) is 25.7 Å². The van der Waals surface area contributed by atoms with E-state index in [9.17, 15) is 19.5 Å². The zero-order valence-electron chi connectivity index (χ0n) is 11.0. The Kier molecular flexibility index (Phi) is 3.33. The number of nitrogens with zero attached hydrogens (tertiary/aromatic N) is 1. The van der Waals surface area contributed by atoms with E-state index in [2.05, 4.69) is 4.74 Å². The molecule has 0 radical (unpaired) electrons. The summed E-state index contributed by atoms with van der Waals surface area (Å²) in [5.74, 6) is -2.13. The maximum absolute atomic E-state index is 12.1. The molecule has 2 fully saturated rings. The van der Waals surface area contributed by atoms with Crippen molar-refractivity contribution >= 4 is 29.9 Å². The van der Waals surface area contributed by atoms with Gasteiger partial charge in [0.15, 0.2) is 6.10 Å². The normalized spacial score (nSPS) is 34.0. The standard InChI is InChI=1S/C13H15NO5S/c1-6(5-15)8-11(16)14-9(13(17)18)10(20-12(8)14)7-3-2-4-19-7/h5-8,12H,2-4H2,1H3,(H,17,18)/p+1/t6?,7?,8-,12?/m0/s1. The maximum Gasteiger partial charge on any atom is 0.353 e. The minimum absolute atomic E-state index is 0.0787. The first-order valence-electron chi connectivity index (χ1n) is 6.65. The van der Waals surface area contributed by atoms with Gasteiger partial charge >= 0.3 is 5.97 Å². The van der Waals surface area contributed by atoms with E-state index in [1.54, 1.807) is 6.92 Å². The summed E-state index contributed by atoms with van der Waals surface area (Å²) in [6.45, 7) is 2.44. The van der Waals surface area contributed by atoms with Crippen LogP contribution < -0.4 is 0 Å². The number of aliphatic hydroxyl groups is 2. The summed E-state index contributed by atoms with van der Waals surface area (Å²) < 4.78 is 4.41. The number of carboxylic acid groups (broad SMARTS) is 1. The molecule has 3 aliphatic heterocycles. The lowest BCUT2D eigenvalue weighted by molar-refractivity contribution is -0.155. The Morgan fingerprint density at radius 3 is 2.90 bits per heavy atom. The summed E-state index contributed by atoms with van der Waals surface area (Å²) in [4.78, 5) is 36.5. The zero-order valence-corrected chi connectivity index (χ0v) is 11.8. The molecule has 0 aromatic carbocycles. The first-order valence-corrected chi connectivity index (χ1v) is 7.53. The van der Waals surface area contributed by atoms with Crippen LogP contribution in [0.3, 0.4) is 0 Å². The van der Waals surface area contributed by atoms with Crippen LogP contribution >= 0.6 is 11.8 Å². The summed E-state index contributed by atoms with van der Waals surface area (Å²) in [5, 5.41) is 9.14. The van der Waals surface area contributed by atoms with Gasteiger partial charge in [-0.3, -0.25) is 9.69 Å². The third-order valence-electron chi connectivity index (χ3n) is 4.08. The van der Waals surface area contributed by atoms with Gasteiger partial charge in [0, 0.05) is 18.8 Å². The second-order valence-corrected chi connectivity index (χ2v) is 6.48. The van der Waals surface area contributed by atoms with Crippen LogP contribution in [-0.4, -0.2) is 51.0 Å². The zero-order chi connectivity index (χ0) is 14.4. The fraction of sp³-hybridized carbons (Fsp3) is 0.615. The molecule has 3 aliphatic rings. The maximum atomic E-state index is 12.1. The molecule has 1 amide bonds. The first kappa shape index (κ1) is 13.6. The fourth-order valence-corrected chi connectivity index (χ4v) is 4.74. The average Bonchev–Trinajstić information content (AvgIpc) is 3.03. The number of carboxylic acids is 1. The number of aliphatic carboxylic acids is 1. The van der Waals surface area contributed by atoms with E-state index in [0.29, 0.717) is 4.91 Å². The van der Waals surface area contributed by atoms with Crippen molar-refractivity contribution in [1.82, 2.24) is 4.90 Å². The van der Waals surface area contributed by atoms with Gasteiger partial charge < -0.3 is 14.6 Å². The number of hydrogen-bond acceptors (Lipinski definition) is 4. The second kappa shape index (κ2) is 4.89. The molecule has 2 saturated heterocycles. The van der Waals surface area contributed by atoms with Crippen molar-refractivity contribution in [3.63, 3.8) is 0 Å². The highest BCUT2D eigenvalue weighted by molar-refractivity contribution is 8.04. The van der Waals surface area contributed by atoms with Gasteiger partial charge in [0.25, 0.3) is 0 Å². The average molecular weight is 298 g/mol. The fourth-order valence-electron chi connectivity index (χ4n) is 3.01. The molecule has 0 aliphatic carbocycles. The number of carbonyl (C=O) groups excluding carboxylic acids is 2. The molecule has 0 bridgehead atoms. The Bertz CT molecular complexity index is 511. The van der Waals surface area contributed by atoms with E-state index in [-0.39, 0.29) is 29.0 Å². The van der Waals surface area contributed by atoms with Crippen LogP contribution in [-0.2, 0) is 14.4 Å². The molecule has 3 rings (SSSR count). The van der Waals surface area contributed by atoms with Crippen LogP contribution in [0.15, 0.2) is 10.6 Å². The number of amides is 1. The molecular formula is C13H16NO5S+. The van der Waals surface area contributed by atoms with Gasteiger partial charge in [-0.1, -0.05) is 18.7 Å². The van der Waals surface area contributed by atoms with Crippen LogP contribution in [0.2, 0.25) is 0 Å². The van der Waals surface area contributed by atoms with Gasteiger partial charge in [-0.05, 0) is 0 Å². The minimum Gasteiger partial charge on any atom is -0.477 e. The topological polar surface area (TPSA) is 87.5 Å². The summed E-state index contributed by atoms with van der Waals surface area (Å²) in [7, 11) is 0. The number of β-lactam (4-membered cyclic amide) rings is 1. The predicted octanol–water partition coefficient (Wildman–Crippen LogP) is 0.339. The van der Waals surface area contributed by atoms with Crippen LogP contribution in [0.4, 0.5) is 0 Å². The van der Waals surface area contributed by atoms with Crippen LogP contribution in [0.5, 0.6) is 0 Å². The molecule has 4 atom stereocenters. The van der Waals surface area contributed by atoms with Crippen LogP contribution in [0.25, 0.3) is 0 Å². The molecular weight excluding hydrogens is 282 g/mol. The SMILES string of the molecule is CC(C=O)[C@H]1C(=O)N2C(C(=O)O)=C(C3CCC[OH+]3)SC12. The summed E-state index contributed by atoms with van der Waals surface area (Å²) in [6, 6.07) is 0. The second-order valence-electron chi connectivity index (χ2n) is 5.32. The van der Waals surface area contributed by atoms with E-state index in [4.69, 9.17) is 0 Å². The Labute approximate surface area is 120 Å². The van der Waals surface area contributed by atoms with Gasteiger partial charge in [0.2, 0.25) is 5.91 Å². The number of ether oxygens (including phenoxy) is 1. The molecule has 6 nitrogen and oxygen atoms in total. The van der Waals surface area contributed by atoms with Crippen LogP contribution in [0, 0.1) is 11.8 Å². The van der Waals surface area contributed by atoms with Crippen molar-refractivity contribution < 1.29 is 24.2 Å². The van der Waals surface area contributed by atoms with Crippen molar-refractivity contribution in [2.24, 2.45) is 11.8 Å². The third kappa shape index (κ3) is 1.80. The molecule has 3 heterocycles. The number of hydrogen-bond donors (Lipinski definition) is 1. The summed E-state index contributed by atoms with van der Waals surface area (Å²) in [6.07, 6.45) is 2.45. The lowest BCUT2D eigenvalue weighted by Crippen LogP contribution is -2.59. The highest BCUT2D eigenvalue weighted by Gasteiger charge is 2.59. The third-order valence-corrected chi connectivity index (χ3v) is 5.54. The van der Waals surface area contributed by atoms with Gasteiger partial charge in [-0.2, -0.15) is 0 Å². The van der Waals surface area contributed by atoms with E-state index in [1.807, 2.05) is 0 Å². The first-order chi connectivity index (χ1) is 9.56. The lowest BCUT2D eigenvalue weighted by atomic mass is 9.86. The van der Waals surface area contributed by atoms with Crippen molar-refractivity contribution in [2.45, 2.75) is 31.2 Å². The largest absolute Gasteiger partial charge is 0.477 e. The van der Waals surface area contributed by atoms with Gasteiger partial charge in [0.1, 0.15) is 18.6 Å². The monoisotopic (exact) mass is 298 g/mol.